The van der Waals surface area contributed by atoms with E-state index in [4.69, 9.17) is 14.2 Å². The lowest BCUT2D eigenvalue weighted by atomic mass is 9.73. The zero-order valence-electron chi connectivity index (χ0n) is 26.3. The molecule has 9 nitrogen and oxygen atoms in total. The fraction of sp³-hybridized carbons (Fsp3) is 0.342. The van der Waals surface area contributed by atoms with E-state index in [1.54, 1.807) is 18.2 Å². The van der Waals surface area contributed by atoms with Gasteiger partial charge in [-0.05, 0) is 107 Å². The molecule has 1 aliphatic carbocycles. The fourth-order valence-corrected chi connectivity index (χ4v) is 7.36. The molecule has 4 aromatic rings. The lowest BCUT2D eigenvalue weighted by Gasteiger charge is -2.37. The average Bonchev–Trinajstić information content (AvgIpc) is 3.55. The van der Waals surface area contributed by atoms with Gasteiger partial charge in [0.1, 0.15) is 30.0 Å². The summed E-state index contributed by atoms with van der Waals surface area (Å²) in [5.74, 6) is 1.66. The maximum atomic E-state index is 11.6. The second-order valence-corrected chi connectivity index (χ2v) is 12.5. The molecule has 0 spiro atoms. The van der Waals surface area contributed by atoms with Crippen LogP contribution >= 0.6 is 0 Å². The van der Waals surface area contributed by atoms with Crippen molar-refractivity contribution in [1.82, 2.24) is 0 Å². The number of fused-ring (bicyclic) bond motifs is 6. The average molecular weight is 638 g/mol. The highest BCUT2D eigenvalue weighted by molar-refractivity contribution is 5.83. The summed E-state index contributed by atoms with van der Waals surface area (Å²) in [6.45, 7) is 0.603. The molecule has 0 fully saturated rings. The van der Waals surface area contributed by atoms with Gasteiger partial charge in [-0.3, -0.25) is 4.99 Å². The van der Waals surface area contributed by atoms with Crippen LogP contribution in [0, 0.1) is 0 Å². The first kappa shape index (κ1) is 31.1. The summed E-state index contributed by atoms with van der Waals surface area (Å²) in [4.78, 5) is 4.53. The van der Waals surface area contributed by atoms with E-state index in [2.05, 4.69) is 29.3 Å². The third-order valence-corrected chi connectivity index (χ3v) is 9.51. The molecule has 0 saturated heterocycles. The van der Waals surface area contributed by atoms with Gasteiger partial charge in [0, 0.05) is 30.2 Å². The van der Waals surface area contributed by atoms with Crippen LogP contribution in [0.4, 0.5) is 0 Å². The number of aliphatic hydroxyl groups excluding tert-OH is 3. The number of aromatic hydroxyl groups is 2. The van der Waals surface area contributed by atoms with Crippen molar-refractivity contribution in [3.63, 3.8) is 0 Å². The molecular formula is C38H39NO8. The van der Waals surface area contributed by atoms with Crippen LogP contribution in [0.2, 0.25) is 0 Å². The molecule has 4 aromatic carbocycles. The van der Waals surface area contributed by atoms with Crippen LogP contribution in [0.1, 0.15) is 51.8 Å². The molecule has 7 rings (SSSR count). The summed E-state index contributed by atoms with van der Waals surface area (Å²) in [7, 11) is 1.48. The summed E-state index contributed by atoms with van der Waals surface area (Å²) in [5, 5.41) is 54.1. The molecule has 2 aliphatic heterocycles. The van der Waals surface area contributed by atoms with Crippen molar-refractivity contribution in [1.29, 1.82) is 0 Å². The van der Waals surface area contributed by atoms with Crippen molar-refractivity contribution < 1.29 is 39.7 Å². The first-order chi connectivity index (χ1) is 22.9. The Morgan fingerprint density at radius 3 is 2.62 bits per heavy atom. The highest BCUT2D eigenvalue weighted by atomic mass is 16.5. The Bertz CT molecular complexity index is 1950. The van der Waals surface area contributed by atoms with Gasteiger partial charge >= 0.3 is 0 Å². The smallest absolute Gasteiger partial charge is 0.161 e. The van der Waals surface area contributed by atoms with Gasteiger partial charge in [0.05, 0.1) is 31.7 Å². The van der Waals surface area contributed by atoms with E-state index in [0.29, 0.717) is 54.9 Å². The minimum atomic E-state index is -0.897. The zero-order chi connectivity index (χ0) is 32.7. The van der Waals surface area contributed by atoms with Gasteiger partial charge in [0.15, 0.2) is 11.5 Å². The third kappa shape index (κ3) is 5.79. The van der Waals surface area contributed by atoms with Crippen molar-refractivity contribution in [3.05, 3.63) is 98.6 Å². The quantitative estimate of drug-likeness (QED) is 0.178. The summed E-state index contributed by atoms with van der Waals surface area (Å²) in [6, 6.07) is 17.1. The minimum Gasteiger partial charge on any atom is -0.508 e. The molecule has 244 valence electrons. The SMILES string of the molecule is COc1cc([C@H]2Oc3cc(OCCO)c4c(c3C[C@H]2O)C[C@@H](Cc2ccc3c(c2)=CCN=3)c2cc(O)ccc2-4)cc(CCCO)c1O. The summed E-state index contributed by atoms with van der Waals surface area (Å²) >= 11 is 0. The van der Waals surface area contributed by atoms with Crippen LogP contribution in [0.3, 0.4) is 0 Å². The topological polar surface area (TPSA) is 141 Å². The molecular weight excluding hydrogens is 598 g/mol. The van der Waals surface area contributed by atoms with Crippen LogP contribution in [0.5, 0.6) is 28.7 Å². The molecule has 0 saturated carbocycles. The van der Waals surface area contributed by atoms with E-state index in [1.807, 2.05) is 18.2 Å². The number of benzene rings is 4. The van der Waals surface area contributed by atoms with Crippen LogP contribution in [0.25, 0.3) is 17.2 Å². The number of nitrogens with zero attached hydrogens (tertiary/aromatic N) is 1. The Balaban J connectivity index is 1.32. The molecule has 47 heavy (non-hydrogen) atoms. The number of methoxy groups -OCH3 is 1. The summed E-state index contributed by atoms with van der Waals surface area (Å²) in [5.41, 5.74) is 7.20. The van der Waals surface area contributed by atoms with Crippen LogP contribution in [-0.4, -0.2) is 65.1 Å². The Labute approximate surface area is 272 Å². The lowest BCUT2D eigenvalue weighted by molar-refractivity contribution is 0.0201. The van der Waals surface area contributed by atoms with Gasteiger partial charge in [-0.15, -0.1) is 0 Å². The second-order valence-electron chi connectivity index (χ2n) is 12.5. The lowest BCUT2D eigenvalue weighted by Crippen LogP contribution is -2.32. The number of hydrogen-bond donors (Lipinski definition) is 5. The summed E-state index contributed by atoms with van der Waals surface area (Å²) in [6.07, 6.45) is 3.09. The Morgan fingerprint density at radius 2 is 1.81 bits per heavy atom. The maximum absolute atomic E-state index is 11.6. The predicted octanol–water partition coefficient (Wildman–Crippen LogP) is 3.40. The number of hydrogen-bond acceptors (Lipinski definition) is 9. The number of ether oxygens (including phenoxy) is 3. The number of aryl methyl sites for hydroxylation is 1. The van der Waals surface area contributed by atoms with Gasteiger partial charge in [-0.25, -0.2) is 0 Å². The zero-order valence-corrected chi connectivity index (χ0v) is 26.3. The van der Waals surface area contributed by atoms with Crippen molar-refractivity contribution in [2.24, 2.45) is 4.99 Å². The van der Waals surface area contributed by atoms with Crippen molar-refractivity contribution in [2.45, 2.75) is 50.2 Å². The van der Waals surface area contributed by atoms with Crippen molar-refractivity contribution in [3.8, 4) is 39.9 Å². The largest absolute Gasteiger partial charge is 0.508 e. The van der Waals surface area contributed by atoms with E-state index in [-0.39, 0.29) is 43.0 Å². The number of aliphatic hydroxyl groups is 3. The molecule has 2 heterocycles. The van der Waals surface area contributed by atoms with E-state index in [0.717, 1.165) is 44.8 Å². The molecule has 3 atom stereocenters. The van der Waals surface area contributed by atoms with Gasteiger partial charge in [0.25, 0.3) is 0 Å². The molecule has 0 unspecified atom stereocenters. The normalized spacial score (nSPS) is 18.9. The van der Waals surface area contributed by atoms with Gasteiger partial charge < -0.3 is 39.7 Å². The van der Waals surface area contributed by atoms with Gasteiger partial charge in [-0.1, -0.05) is 18.2 Å². The highest BCUT2D eigenvalue weighted by Crippen LogP contribution is 2.52. The Hall–Kier alpha value is -4.57. The monoisotopic (exact) mass is 637 g/mol. The van der Waals surface area contributed by atoms with E-state index >= 15 is 0 Å². The summed E-state index contributed by atoms with van der Waals surface area (Å²) < 4.78 is 18.2. The maximum Gasteiger partial charge on any atom is 0.161 e. The van der Waals surface area contributed by atoms with Crippen LogP contribution < -0.4 is 24.8 Å². The second kappa shape index (κ2) is 12.9. The molecule has 0 aromatic heterocycles. The fourth-order valence-electron chi connectivity index (χ4n) is 7.36. The molecule has 9 heteroatoms. The first-order valence-electron chi connectivity index (χ1n) is 16.1. The Morgan fingerprint density at radius 1 is 0.936 bits per heavy atom. The van der Waals surface area contributed by atoms with Crippen LogP contribution in [0.15, 0.2) is 59.6 Å². The number of phenols is 2. The molecule has 0 bridgehead atoms. The molecule has 0 amide bonds. The minimum absolute atomic E-state index is 0.00978. The first-order valence-corrected chi connectivity index (χ1v) is 16.1. The van der Waals surface area contributed by atoms with E-state index in [1.165, 1.54) is 12.7 Å². The van der Waals surface area contributed by atoms with Crippen molar-refractivity contribution >= 4 is 6.08 Å². The predicted molar refractivity (Wildman–Crippen MR) is 176 cm³/mol. The van der Waals surface area contributed by atoms with Gasteiger partial charge in [0.2, 0.25) is 0 Å². The van der Waals surface area contributed by atoms with E-state index in [9.17, 15) is 25.5 Å². The highest BCUT2D eigenvalue weighted by Gasteiger charge is 2.37. The molecule has 3 aliphatic rings. The van der Waals surface area contributed by atoms with Crippen molar-refractivity contribution in [2.75, 3.05) is 33.5 Å². The third-order valence-electron chi connectivity index (χ3n) is 9.51. The molecule has 0 radical (unpaired) electrons. The van der Waals surface area contributed by atoms with Gasteiger partial charge in [-0.2, -0.15) is 0 Å². The molecule has 5 N–H and O–H groups in total. The number of phenolic OH excluding ortho intramolecular Hbond substituents is 2. The van der Waals surface area contributed by atoms with Crippen LogP contribution in [-0.2, 0) is 25.7 Å². The van der Waals surface area contributed by atoms with E-state index < -0.39 is 12.2 Å². The standard InChI is InChI=1S/C38H39NO8/c1-45-35-17-25(15-23(37(35)44)3-2-10-40)38-32(43)19-29-30-16-24(14-21-4-7-31-22(13-21)8-9-39-31)28-18-26(42)5-6-27(28)36(30)34(46-12-11-41)20-33(29)47-38/h4-8,13,15,17-18,20,24,32,38,40-44H,2-3,9-12,14,16,19H2,1H3/t24-,32-,38-/m1/s1. The number of rotatable bonds is 10. The Kier molecular flexibility index (Phi) is 8.53.